The molecule has 0 amide bonds. The molecule has 0 aliphatic carbocycles. The average Bonchev–Trinajstić information content (AvgIpc) is 3.06. The largest absolute Gasteiger partial charge is 0.478 e. The molecule has 2 aliphatic heterocycles. The fourth-order valence-electron chi connectivity index (χ4n) is 3.91. The average molecular weight is 452 g/mol. The van der Waals surface area contributed by atoms with Crippen LogP contribution in [0, 0.1) is 6.92 Å². The number of carbonyl (C=O) groups is 1. The molecule has 0 atom stereocenters. The number of hydrogen-bond donors (Lipinski definition) is 0. The topological polar surface area (TPSA) is 38.8 Å². The number of ether oxygens (including phenoxy) is 2. The Bertz CT molecular complexity index is 1240. The Morgan fingerprint density at radius 2 is 1.97 bits per heavy atom. The summed E-state index contributed by atoms with van der Waals surface area (Å²) >= 11 is 12.3. The number of carbonyl (C=O) groups excluding carboxylic acids is 1. The monoisotopic (exact) mass is 451 g/mol. The van der Waals surface area contributed by atoms with Gasteiger partial charge in [0.1, 0.15) is 18.2 Å². The zero-order valence-corrected chi connectivity index (χ0v) is 18.3. The van der Waals surface area contributed by atoms with E-state index in [2.05, 4.69) is 4.90 Å². The number of allylic oxidation sites excluding steroid dienone is 1. The summed E-state index contributed by atoms with van der Waals surface area (Å²) in [6.45, 7) is 3.62. The summed E-state index contributed by atoms with van der Waals surface area (Å²) < 4.78 is 12.0. The van der Waals surface area contributed by atoms with Crippen molar-refractivity contribution in [3.05, 3.63) is 98.2 Å². The van der Waals surface area contributed by atoms with Gasteiger partial charge in [-0.25, -0.2) is 0 Å². The normalized spacial score (nSPS) is 16.6. The van der Waals surface area contributed by atoms with E-state index in [-0.39, 0.29) is 5.78 Å². The number of halogens is 2. The molecular weight excluding hydrogens is 433 g/mol. The maximum Gasteiger partial charge on any atom is 0.231 e. The van der Waals surface area contributed by atoms with Crippen LogP contribution in [0.25, 0.3) is 6.08 Å². The van der Waals surface area contributed by atoms with Crippen LogP contribution in [0.4, 0.5) is 0 Å². The molecule has 3 aromatic carbocycles. The van der Waals surface area contributed by atoms with E-state index in [1.807, 2.05) is 49.4 Å². The molecule has 0 bridgehead atoms. The highest BCUT2D eigenvalue weighted by molar-refractivity contribution is 6.35. The van der Waals surface area contributed by atoms with Crippen molar-refractivity contribution in [3.8, 4) is 11.5 Å². The second-order valence-corrected chi connectivity index (χ2v) is 8.61. The molecule has 3 aromatic rings. The molecular formula is C25H19Cl2NO3. The highest BCUT2D eigenvalue weighted by Crippen LogP contribution is 2.42. The summed E-state index contributed by atoms with van der Waals surface area (Å²) in [4.78, 5) is 15.0. The van der Waals surface area contributed by atoms with Crippen molar-refractivity contribution in [1.29, 1.82) is 0 Å². The molecule has 6 heteroatoms. The Morgan fingerprint density at radius 3 is 2.77 bits per heavy atom. The van der Waals surface area contributed by atoms with Crippen molar-refractivity contribution in [1.82, 2.24) is 4.90 Å². The molecule has 0 spiro atoms. The van der Waals surface area contributed by atoms with Crippen LogP contribution < -0.4 is 9.47 Å². The quantitative estimate of drug-likeness (QED) is 0.439. The van der Waals surface area contributed by atoms with Crippen LogP contribution >= 0.6 is 23.2 Å². The second kappa shape index (κ2) is 8.04. The minimum Gasteiger partial charge on any atom is -0.478 e. The molecule has 0 aromatic heterocycles. The van der Waals surface area contributed by atoms with Crippen LogP contribution in [-0.2, 0) is 13.1 Å². The molecule has 156 valence electrons. The SMILES string of the molecule is Cc1cccc(/C=C2\Oc3c(ccc4c3CN(Cc3ccc(Cl)cc3Cl)CO4)C2=O)c1. The van der Waals surface area contributed by atoms with E-state index in [1.165, 1.54) is 0 Å². The van der Waals surface area contributed by atoms with Crippen LogP contribution in [0.15, 0.2) is 60.4 Å². The standard InChI is InChI=1S/C25H19Cl2NO3/c1-15-3-2-4-16(9-15)10-23-24(29)19-7-8-22-20(25(19)31-23)13-28(14-30-22)12-17-5-6-18(26)11-21(17)27/h2-11H,12-14H2,1H3/b23-10-. The first kappa shape index (κ1) is 20.1. The van der Waals surface area contributed by atoms with Crippen molar-refractivity contribution in [2.24, 2.45) is 0 Å². The summed E-state index contributed by atoms with van der Waals surface area (Å²) in [7, 11) is 0. The molecule has 31 heavy (non-hydrogen) atoms. The summed E-state index contributed by atoms with van der Waals surface area (Å²) in [6.07, 6.45) is 1.79. The van der Waals surface area contributed by atoms with Gasteiger partial charge in [-0.15, -0.1) is 0 Å². The Morgan fingerprint density at radius 1 is 1.10 bits per heavy atom. The fourth-order valence-corrected chi connectivity index (χ4v) is 4.38. The first-order valence-electron chi connectivity index (χ1n) is 9.94. The summed E-state index contributed by atoms with van der Waals surface area (Å²) in [5, 5.41) is 1.22. The van der Waals surface area contributed by atoms with Crippen molar-refractivity contribution in [3.63, 3.8) is 0 Å². The summed E-state index contributed by atoms with van der Waals surface area (Å²) in [6, 6.07) is 17.0. The molecule has 0 saturated carbocycles. The third-order valence-corrected chi connectivity index (χ3v) is 6.02. The summed E-state index contributed by atoms with van der Waals surface area (Å²) in [5.41, 5.74) is 4.45. The Labute approximate surface area is 190 Å². The highest BCUT2D eigenvalue weighted by Gasteiger charge is 2.33. The van der Waals surface area contributed by atoms with Gasteiger partial charge in [-0.05, 0) is 48.4 Å². The van der Waals surface area contributed by atoms with E-state index in [4.69, 9.17) is 32.7 Å². The third kappa shape index (κ3) is 3.94. The molecule has 0 saturated heterocycles. The predicted octanol–water partition coefficient (Wildman–Crippen LogP) is 6.27. The Hall–Kier alpha value is -2.79. The molecule has 0 fully saturated rings. The fraction of sp³-hybridized carbons (Fsp3) is 0.160. The van der Waals surface area contributed by atoms with Crippen molar-refractivity contribution < 1.29 is 14.3 Å². The Kier molecular flexibility index (Phi) is 5.22. The lowest BCUT2D eigenvalue weighted by atomic mass is 10.0. The van der Waals surface area contributed by atoms with Gasteiger partial charge in [-0.1, -0.05) is 59.1 Å². The first-order chi connectivity index (χ1) is 15.0. The lowest BCUT2D eigenvalue weighted by Gasteiger charge is -2.30. The maximum absolute atomic E-state index is 12.9. The minimum atomic E-state index is -0.114. The number of hydrogen-bond acceptors (Lipinski definition) is 4. The first-order valence-corrected chi connectivity index (χ1v) is 10.7. The van der Waals surface area contributed by atoms with Gasteiger partial charge in [-0.3, -0.25) is 9.69 Å². The van der Waals surface area contributed by atoms with Gasteiger partial charge in [0, 0.05) is 23.1 Å². The van der Waals surface area contributed by atoms with E-state index in [1.54, 1.807) is 18.2 Å². The molecule has 0 radical (unpaired) electrons. The molecule has 0 unspecified atom stereocenters. The van der Waals surface area contributed by atoms with Crippen LogP contribution in [0.3, 0.4) is 0 Å². The van der Waals surface area contributed by atoms with Crippen molar-refractivity contribution in [2.45, 2.75) is 20.0 Å². The smallest absolute Gasteiger partial charge is 0.231 e. The van der Waals surface area contributed by atoms with E-state index in [9.17, 15) is 4.79 Å². The van der Waals surface area contributed by atoms with E-state index in [0.717, 1.165) is 28.0 Å². The van der Waals surface area contributed by atoms with Crippen LogP contribution in [0.5, 0.6) is 11.5 Å². The van der Waals surface area contributed by atoms with Gasteiger partial charge < -0.3 is 9.47 Å². The number of benzene rings is 3. The molecule has 0 N–H and O–H groups in total. The lowest BCUT2D eigenvalue weighted by molar-refractivity contribution is 0.0873. The number of Topliss-reactive ketones (excluding diaryl/α,β-unsaturated/α-hetero) is 1. The zero-order chi connectivity index (χ0) is 21.5. The predicted molar refractivity (Wildman–Crippen MR) is 122 cm³/mol. The van der Waals surface area contributed by atoms with Gasteiger partial charge in [0.25, 0.3) is 0 Å². The van der Waals surface area contributed by atoms with E-state index in [0.29, 0.717) is 46.9 Å². The van der Waals surface area contributed by atoms with Crippen LogP contribution in [0.2, 0.25) is 10.0 Å². The summed E-state index contributed by atoms with van der Waals surface area (Å²) in [5.74, 6) is 1.53. The molecule has 5 rings (SSSR count). The van der Waals surface area contributed by atoms with Crippen LogP contribution in [-0.4, -0.2) is 17.4 Å². The molecule has 2 heterocycles. The lowest BCUT2D eigenvalue weighted by Crippen LogP contribution is -2.31. The maximum atomic E-state index is 12.9. The third-order valence-electron chi connectivity index (χ3n) is 5.43. The number of nitrogens with zero attached hydrogens (tertiary/aromatic N) is 1. The van der Waals surface area contributed by atoms with Gasteiger partial charge in [0.15, 0.2) is 5.76 Å². The van der Waals surface area contributed by atoms with Crippen molar-refractivity contribution in [2.75, 3.05) is 6.73 Å². The van der Waals surface area contributed by atoms with Gasteiger partial charge in [-0.2, -0.15) is 0 Å². The number of rotatable bonds is 3. The van der Waals surface area contributed by atoms with Crippen LogP contribution in [0.1, 0.15) is 32.6 Å². The minimum absolute atomic E-state index is 0.114. The van der Waals surface area contributed by atoms with E-state index >= 15 is 0 Å². The van der Waals surface area contributed by atoms with Gasteiger partial charge in [0.05, 0.1) is 11.1 Å². The second-order valence-electron chi connectivity index (χ2n) is 7.77. The van der Waals surface area contributed by atoms with E-state index < -0.39 is 0 Å². The Balaban J connectivity index is 1.43. The number of fused-ring (bicyclic) bond motifs is 3. The number of aryl methyl sites for hydroxylation is 1. The molecule has 4 nitrogen and oxygen atoms in total. The number of ketones is 1. The highest BCUT2D eigenvalue weighted by atomic mass is 35.5. The van der Waals surface area contributed by atoms with Crippen molar-refractivity contribution >= 4 is 35.1 Å². The molecule has 2 aliphatic rings. The zero-order valence-electron chi connectivity index (χ0n) is 16.8. The van der Waals surface area contributed by atoms with Gasteiger partial charge >= 0.3 is 0 Å². The van der Waals surface area contributed by atoms with Gasteiger partial charge in [0.2, 0.25) is 5.78 Å².